The molecule has 0 saturated heterocycles. The van der Waals surface area contributed by atoms with Crippen LogP contribution in [0.15, 0.2) is 24.3 Å². The first kappa shape index (κ1) is 18.6. The second kappa shape index (κ2) is 8.29. The lowest BCUT2D eigenvalue weighted by molar-refractivity contribution is -0.130. The quantitative estimate of drug-likeness (QED) is 0.840. The number of benzene rings is 1. The molecule has 1 aromatic carbocycles. The summed E-state index contributed by atoms with van der Waals surface area (Å²) < 4.78 is 29.1. The Balaban J connectivity index is 0.00000242. The highest BCUT2D eigenvalue weighted by molar-refractivity contribution is 5.85. The van der Waals surface area contributed by atoms with Gasteiger partial charge in [0.25, 0.3) is 0 Å². The van der Waals surface area contributed by atoms with Crippen molar-refractivity contribution in [2.75, 3.05) is 6.54 Å². The van der Waals surface area contributed by atoms with Gasteiger partial charge in [-0.2, -0.15) is 8.78 Å². The molecule has 1 amide bonds. The summed E-state index contributed by atoms with van der Waals surface area (Å²) in [5.41, 5.74) is 5.77. The van der Waals surface area contributed by atoms with Crippen molar-refractivity contribution in [1.82, 2.24) is 5.32 Å². The minimum Gasteiger partial charge on any atom is -0.434 e. The Hall–Kier alpha value is -1.40. The average molecular weight is 335 g/mol. The molecule has 2 rings (SSSR count). The molecular weight excluding hydrogens is 314 g/mol. The summed E-state index contributed by atoms with van der Waals surface area (Å²) in [5, 5.41) is 2.80. The van der Waals surface area contributed by atoms with Crippen molar-refractivity contribution >= 4 is 18.3 Å². The summed E-state index contributed by atoms with van der Waals surface area (Å²) in [5.74, 6) is -0.0182. The van der Waals surface area contributed by atoms with Gasteiger partial charge in [-0.1, -0.05) is 31.0 Å². The first-order valence-corrected chi connectivity index (χ1v) is 7.08. The van der Waals surface area contributed by atoms with Crippen molar-refractivity contribution in [2.45, 2.75) is 38.8 Å². The van der Waals surface area contributed by atoms with Gasteiger partial charge in [-0.05, 0) is 18.9 Å². The van der Waals surface area contributed by atoms with Gasteiger partial charge in [0.05, 0.1) is 5.41 Å². The van der Waals surface area contributed by atoms with Gasteiger partial charge in [0.2, 0.25) is 5.91 Å². The highest BCUT2D eigenvalue weighted by Crippen LogP contribution is 2.37. The van der Waals surface area contributed by atoms with Gasteiger partial charge in [-0.25, -0.2) is 0 Å². The van der Waals surface area contributed by atoms with Crippen LogP contribution in [0.2, 0.25) is 0 Å². The Kier molecular flexibility index (Phi) is 7.03. The van der Waals surface area contributed by atoms with E-state index in [4.69, 9.17) is 5.73 Å². The number of nitrogens with one attached hydrogen (secondary N) is 1. The Morgan fingerprint density at radius 2 is 1.95 bits per heavy atom. The number of rotatable bonds is 6. The molecule has 0 spiro atoms. The zero-order chi connectivity index (χ0) is 15.3. The standard InChI is InChI=1S/C15H20F2N2O2.ClH/c16-14(17)21-12-6-2-1-5-11(12)9-19-13(20)15(10-18)7-3-4-8-15;/h1-2,5-6,14H,3-4,7-10,18H2,(H,19,20);1H. The highest BCUT2D eigenvalue weighted by atomic mass is 35.5. The number of carbonyl (C=O) groups is 1. The van der Waals surface area contributed by atoms with Gasteiger partial charge in [-0.3, -0.25) is 4.79 Å². The maximum Gasteiger partial charge on any atom is 0.387 e. The molecule has 7 heteroatoms. The van der Waals surface area contributed by atoms with E-state index in [9.17, 15) is 13.6 Å². The smallest absolute Gasteiger partial charge is 0.387 e. The third kappa shape index (κ3) is 4.30. The van der Waals surface area contributed by atoms with E-state index in [1.54, 1.807) is 18.2 Å². The number of ether oxygens (including phenoxy) is 1. The van der Waals surface area contributed by atoms with Gasteiger partial charge < -0.3 is 15.8 Å². The van der Waals surface area contributed by atoms with Crippen LogP contribution in [0.5, 0.6) is 5.75 Å². The molecule has 0 heterocycles. The molecule has 1 fully saturated rings. The molecule has 0 unspecified atom stereocenters. The van der Waals surface area contributed by atoms with E-state index < -0.39 is 12.0 Å². The molecule has 1 aromatic rings. The summed E-state index contributed by atoms with van der Waals surface area (Å²) in [6.07, 6.45) is 3.56. The minimum absolute atomic E-state index is 0. The van der Waals surface area contributed by atoms with Crippen molar-refractivity contribution in [3.8, 4) is 5.75 Å². The number of alkyl halides is 2. The lowest BCUT2D eigenvalue weighted by Gasteiger charge is -2.26. The van der Waals surface area contributed by atoms with Gasteiger partial charge in [0.15, 0.2) is 0 Å². The SMILES string of the molecule is Cl.NCC1(C(=O)NCc2ccccc2OC(F)F)CCCC1. The largest absolute Gasteiger partial charge is 0.434 e. The van der Waals surface area contributed by atoms with Crippen LogP contribution in [0.3, 0.4) is 0 Å². The van der Waals surface area contributed by atoms with Crippen molar-refractivity contribution in [3.05, 3.63) is 29.8 Å². The van der Waals surface area contributed by atoms with Crippen molar-refractivity contribution in [1.29, 1.82) is 0 Å². The molecule has 0 bridgehead atoms. The van der Waals surface area contributed by atoms with E-state index in [0.717, 1.165) is 25.7 Å². The first-order chi connectivity index (χ1) is 10.1. The molecule has 0 radical (unpaired) electrons. The molecule has 0 aliphatic heterocycles. The second-order valence-electron chi connectivity index (χ2n) is 5.36. The third-order valence-corrected chi connectivity index (χ3v) is 4.06. The Labute approximate surface area is 134 Å². The number of hydrogen-bond donors (Lipinski definition) is 2. The first-order valence-electron chi connectivity index (χ1n) is 7.08. The highest BCUT2D eigenvalue weighted by Gasteiger charge is 2.39. The summed E-state index contributed by atoms with van der Waals surface area (Å²) in [4.78, 5) is 12.3. The van der Waals surface area contributed by atoms with Crippen LogP contribution in [0.25, 0.3) is 0 Å². The summed E-state index contributed by atoms with van der Waals surface area (Å²) in [6, 6.07) is 6.44. The van der Waals surface area contributed by atoms with Crippen LogP contribution >= 0.6 is 12.4 Å². The molecule has 22 heavy (non-hydrogen) atoms. The Morgan fingerprint density at radius 1 is 1.32 bits per heavy atom. The molecular formula is C15H21ClF2N2O2. The van der Waals surface area contributed by atoms with E-state index in [1.165, 1.54) is 6.07 Å². The predicted octanol–water partition coefficient (Wildman–Crippen LogP) is 2.85. The van der Waals surface area contributed by atoms with Crippen LogP contribution in [0, 0.1) is 5.41 Å². The van der Waals surface area contributed by atoms with Gasteiger partial charge in [0, 0.05) is 18.7 Å². The van der Waals surface area contributed by atoms with E-state index in [2.05, 4.69) is 10.1 Å². The number of halogens is 3. The van der Waals surface area contributed by atoms with E-state index >= 15 is 0 Å². The van der Waals surface area contributed by atoms with Crippen LogP contribution in [0.4, 0.5) is 8.78 Å². The monoisotopic (exact) mass is 334 g/mol. The summed E-state index contributed by atoms with van der Waals surface area (Å²) in [7, 11) is 0. The molecule has 1 saturated carbocycles. The third-order valence-electron chi connectivity index (χ3n) is 4.06. The molecule has 4 nitrogen and oxygen atoms in total. The zero-order valence-corrected chi connectivity index (χ0v) is 13.0. The van der Waals surface area contributed by atoms with Crippen molar-refractivity contribution < 1.29 is 18.3 Å². The molecule has 124 valence electrons. The maximum absolute atomic E-state index is 12.3. The lowest BCUT2D eigenvalue weighted by atomic mass is 9.85. The number of amides is 1. The van der Waals surface area contributed by atoms with Crippen molar-refractivity contribution in [3.63, 3.8) is 0 Å². The molecule has 1 aliphatic carbocycles. The van der Waals surface area contributed by atoms with Gasteiger partial charge >= 0.3 is 6.61 Å². The number of carbonyl (C=O) groups excluding carboxylic acids is 1. The summed E-state index contributed by atoms with van der Waals surface area (Å²) in [6.45, 7) is -2.41. The normalized spacial score (nSPS) is 16.2. The average Bonchev–Trinajstić information content (AvgIpc) is 2.95. The van der Waals surface area contributed by atoms with Gasteiger partial charge in [-0.15, -0.1) is 12.4 Å². The fourth-order valence-electron chi connectivity index (χ4n) is 2.80. The minimum atomic E-state index is -2.88. The Morgan fingerprint density at radius 3 is 2.55 bits per heavy atom. The fraction of sp³-hybridized carbons (Fsp3) is 0.533. The fourth-order valence-corrected chi connectivity index (χ4v) is 2.80. The van der Waals surface area contributed by atoms with Crippen LogP contribution < -0.4 is 15.8 Å². The second-order valence-corrected chi connectivity index (χ2v) is 5.36. The topological polar surface area (TPSA) is 64.4 Å². The number of para-hydroxylation sites is 1. The van der Waals surface area contributed by atoms with Crippen LogP contribution in [-0.4, -0.2) is 19.1 Å². The van der Waals surface area contributed by atoms with Crippen LogP contribution in [0.1, 0.15) is 31.2 Å². The predicted molar refractivity (Wildman–Crippen MR) is 82.1 cm³/mol. The zero-order valence-electron chi connectivity index (χ0n) is 12.2. The van der Waals surface area contributed by atoms with E-state index in [0.29, 0.717) is 12.1 Å². The van der Waals surface area contributed by atoms with Gasteiger partial charge in [0.1, 0.15) is 5.75 Å². The molecule has 0 atom stereocenters. The number of nitrogens with two attached hydrogens (primary N) is 1. The molecule has 1 aliphatic rings. The number of hydrogen-bond acceptors (Lipinski definition) is 3. The van der Waals surface area contributed by atoms with E-state index in [-0.39, 0.29) is 30.6 Å². The molecule has 0 aromatic heterocycles. The maximum atomic E-state index is 12.3. The lowest BCUT2D eigenvalue weighted by Crippen LogP contribution is -2.43. The van der Waals surface area contributed by atoms with Crippen LogP contribution in [-0.2, 0) is 11.3 Å². The Bertz CT molecular complexity index is 494. The summed E-state index contributed by atoms with van der Waals surface area (Å²) >= 11 is 0. The molecule has 3 N–H and O–H groups in total. The van der Waals surface area contributed by atoms with E-state index in [1.807, 2.05) is 0 Å². The van der Waals surface area contributed by atoms with Crippen molar-refractivity contribution in [2.24, 2.45) is 11.1 Å².